The van der Waals surface area contributed by atoms with Crippen LogP contribution in [0.2, 0.25) is 0 Å². The number of methoxy groups -OCH3 is 1. The van der Waals surface area contributed by atoms with Gasteiger partial charge in [-0.3, -0.25) is 4.57 Å². The first-order valence-electron chi connectivity index (χ1n) is 7.87. The van der Waals surface area contributed by atoms with Gasteiger partial charge < -0.3 is 14.4 Å². The number of benzene rings is 2. The molecule has 6 heteroatoms. The summed E-state index contributed by atoms with van der Waals surface area (Å²) >= 11 is -1.46. The Bertz CT molecular complexity index is 918. The zero-order valence-corrected chi connectivity index (χ0v) is 15.0. The molecule has 2 aromatic carbocycles. The number of aromatic carboxylic acids is 1. The molecule has 0 saturated heterocycles. The Morgan fingerprint density at radius 1 is 1.20 bits per heavy atom. The van der Waals surface area contributed by atoms with E-state index < -0.39 is 17.1 Å². The van der Waals surface area contributed by atoms with E-state index in [4.69, 9.17) is 4.74 Å². The maximum atomic E-state index is 12.9. The second kappa shape index (κ2) is 6.82. The Hall–Kier alpha value is -2.44. The van der Waals surface area contributed by atoms with Crippen LogP contribution in [0.1, 0.15) is 24.3 Å². The van der Waals surface area contributed by atoms with E-state index in [0.717, 1.165) is 0 Å². The van der Waals surface area contributed by atoms with Crippen molar-refractivity contribution in [3.05, 3.63) is 54.2 Å². The van der Waals surface area contributed by atoms with Gasteiger partial charge in [0.1, 0.15) is 11.0 Å². The summed E-state index contributed by atoms with van der Waals surface area (Å²) in [6, 6.07) is 14.5. The molecule has 0 bridgehead atoms. The van der Waals surface area contributed by atoms with Gasteiger partial charge in [-0.2, -0.15) is 0 Å². The van der Waals surface area contributed by atoms with Crippen LogP contribution >= 0.6 is 0 Å². The third-order valence-electron chi connectivity index (χ3n) is 3.97. The fourth-order valence-corrected chi connectivity index (χ4v) is 4.07. The monoisotopic (exact) mass is 357 g/mol. The molecule has 130 valence electrons. The van der Waals surface area contributed by atoms with Crippen molar-refractivity contribution in [2.24, 2.45) is 0 Å². The molecule has 0 aliphatic carbocycles. The van der Waals surface area contributed by atoms with Gasteiger partial charge in [0.15, 0.2) is 10.6 Å². The predicted octanol–water partition coefficient (Wildman–Crippen LogP) is 3.85. The summed E-state index contributed by atoms with van der Waals surface area (Å²) in [6.45, 7) is 3.63. The van der Waals surface area contributed by atoms with Crippen molar-refractivity contribution < 1.29 is 19.2 Å². The Kier molecular flexibility index (Phi) is 4.74. The third-order valence-corrected chi connectivity index (χ3v) is 5.65. The number of para-hydroxylation sites is 1. The van der Waals surface area contributed by atoms with E-state index in [9.17, 15) is 14.5 Å². The van der Waals surface area contributed by atoms with Crippen molar-refractivity contribution in [2.75, 3.05) is 7.11 Å². The van der Waals surface area contributed by atoms with Crippen molar-refractivity contribution in [2.45, 2.75) is 24.0 Å². The minimum Gasteiger partial charge on any atom is -0.611 e. The molecule has 1 heterocycles. The fourth-order valence-electron chi connectivity index (χ4n) is 2.85. The van der Waals surface area contributed by atoms with E-state index in [0.29, 0.717) is 27.2 Å². The second-order valence-corrected chi connectivity index (χ2v) is 7.83. The van der Waals surface area contributed by atoms with Crippen molar-refractivity contribution in [1.29, 1.82) is 0 Å². The van der Waals surface area contributed by atoms with Crippen LogP contribution in [0.5, 0.6) is 5.75 Å². The molecule has 0 aliphatic rings. The minimum atomic E-state index is -1.46. The molecule has 0 aliphatic heterocycles. The molecular weight excluding hydrogens is 338 g/mol. The van der Waals surface area contributed by atoms with Gasteiger partial charge in [-0.25, -0.2) is 4.79 Å². The normalized spacial score (nSPS) is 12.5. The number of nitrogens with zero attached hydrogens (tertiary/aromatic N) is 1. The lowest BCUT2D eigenvalue weighted by Gasteiger charge is -2.14. The van der Waals surface area contributed by atoms with Crippen molar-refractivity contribution >= 4 is 28.0 Å². The molecular formula is C19H19NO4S. The quantitative estimate of drug-likeness (QED) is 0.704. The van der Waals surface area contributed by atoms with Crippen LogP contribution in [0.25, 0.3) is 16.6 Å². The Balaban J connectivity index is 2.46. The molecule has 0 fully saturated rings. The first-order valence-corrected chi connectivity index (χ1v) is 9.08. The van der Waals surface area contributed by atoms with Crippen LogP contribution < -0.4 is 4.74 Å². The molecule has 25 heavy (non-hydrogen) atoms. The van der Waals surface area contributed by atoms with E-state index >= 15 is 0 Å². The molecule has 0 radical (unpaired) electrons. The zero-order chi connectivity index (χ0) is 18.1. The van der Waals surface area contributed by atoms with Crippen LogP contribution in [0.4, 0.5) is 0 Å². The molecule has 0 amide bonds. The van der Waals surface area contributed by atoms with E-state index in [-0.39, 0.29) is 10.9 Å². The highest BCUT2D eigenvalue weighted by molar-refractivity contribution is 7.92. The molecule has 1 unspecified atom stereocenters. The summed E-state index contributed by atoms with van der Waals surface area (Å²) in [5.41, 5.74) is 1.43. The lowest BCUT2D eigenvalue weighted by atomic mass is 10.2. The topological polar surface area (TPSA) is 74.5 Å². The third kappa shape index (κ3) is 2.99. The van der Waals surface area contributed by atoms with Crippen LogP contribution in [0.3, 0.4) is 0 Å². The summed E-state index contributed by atoms with van der Waals surface area (Å²) in [6.07, 6.45) is 0. The number of carbonyl (C=O) groups is 1. The molecule has 1 aromatic heterocycles. The average Bonchev–Trinajstić information content (AvgIpc) is 2.96. The van der Waals surface area contributed by atoms with Gasteiger partial charge >= 0.3 is 5.97 Å². The van der Waals surface area contributed by atoms with Gasteiger partial charge in [0.2, 0.25) is 0 Å². The van der Waals surface area contributed by atoms with E-state index in [1.807, 2.05) is 44.2 Å². The van der Waals surface area contributed by atoms with E-state index in [1.54, 1.807) is 29.9 Å². The van der Waals surface area contributed by atoms with Crippen molar-refractivity contribution in [3.63, 3.8) is 0 Å². The predicted molar refractivity (Wildman–Crippen MR) is 98.3 cm³/mol. The number of rotatable bonds is 5. The highest BCUT2D eigenvalue weighted by Crippen LogP contribution is 2.36. The van der Waals surface area contributed by atoms with E-state index in [2.05, 4.69) is 0 Å². The first kappa shape index (κ1) is 17.4. The molecule has 0 saturated carbocycles. The smallest absolute Gasteiger partial charge is 0.358 e. The number of hydrogen-bond acceptors (Lipinski definition) is 3. The first-order chi connectivity index (χ1) is 12.0. The fraction of sp³-hybridized carbons (Fsp3) is 0.211. The number of fused-ring (bicyclic) bond motifs is 1. The standard InChI is InChI=1S/C19H19NO4S/c1-12(2)25(23)18-15-11-14(24-3)9-10-16(15)20(17(18)19(21)22)13-7-5-4-6-8-13/h4-12H,1-3H3,(H,21,22). The lowest BCUT2D eigenvalue weighted by Crippen LogP contribution is -2.18. The Labute approximate surface area is 149 Å². The maximum absolute atomic E-state index is 12.9. The highest BCUT2D eigenvalue weighted by Gasteiger charge is 2.33. The molecule has 3 rings (SSSR count). The second-order valence-electron chi connectivity index (χ2n) is 5.88. The average molecular weight is 357 g/mol. The minimum absolute atomic E-state index is 0.0292. The van der Waals surface area contributed by atoms with Crippen molar-refractivity contribution in [1.82, 2.24) is 4.57 Å². The summed E-state index contributed by atoms with van der Waals surface area (Å²) in [4.78, 5) is 12.4. The van der Waals surface area contributed by atoms with Gasteiger partial charge in [-0.05, 0) is 55.4 Å². The molecule has 1 atom stereocenters. The molecule has 1 N–H and O–H groups in total. The van der Waals surface area contributed by atoms with Crippen LogP contribution in [-0.2, 0) is 11.2 Å². The molecule has 5 nitrogen and oxygen atoms in total. The molecule has 3 aromatic rings. The number of ether oxygens (including phenoxy) is 1. The van der Waals surface area contributed by atoms with Gasteiger partial charge in [0, 0.05) is 5.69 Å². The van der Waals surface area contributed by atoms with Gasteiger partial charge in [0.05, 0.1) is 18.0 Å². The van der Waals surface area contributed by atoms with E-state index in [1.165, 1.54) is 0 Å². The van der Waals surface area contributed by atoms with Gasteiger partial charge in [-0.15, -0.1) is 0 Å². The Morgan fingerprint density at radius 3 is 2.44 bits per heavy atom. The lowest BCUT2D eigenvalue weighted by molar-refractivity contribution is 0.0684. The number of carboxylic acids is 1. The highest BCUT2D eigenvalue weighted by atomic mass is 32.2. The summed E-state index contributed by atoms with van der Waals surface area (Å²) < 4.78 is 19.8. The number of hydrogen-bond donors (Lipinski definition) is 1. The SMILES string of the molecule is COc1ccc2c(c1)c([S+]([O-])C(C)C)c(C(=O)O)n2-c1ccccc1. The number of carboxylic acid groups (broad SMARTS) is 1. The maximum Gasteiger partial charge on any atom is 0.358 e. The zero-order valence-electron chi connectivity index (χ0n) is 14.2. The largest absolute Gasteiger partial charge is 0.611 e. The van der Waals surface area contributed by atoms with Crippen LogP contribution in [0, 0.1) is 0 Å². The summed E-state index contributed by atoms with van der Waals surface area (Å²) in [5, 5.41) is 10.3. The Morgan fingerprint density at radius 2 is 1.88 bits per heavy atom. The molecule has 0 spiro atoms. The van der Waals surface area contributed by atoms with Crippen LogP contribution in [0.15, 0.2) is 53.4 Å². The van der Waals surface area contributed by atoms with Gasteiger partial charge in [-0.1, -0.05) is 18.2 Å². The number of aromatic nitrogens is 1. The van der Waals surface area contributed by atoms with Gasteiger partial charge in [0.25, 0.3) is 0 Å². The van der Waals surface area contributed by atoms with Crippen LogP contribution in [-0.4, -0.2) is 32.6 Å². The van der Waals surface area contributed by atoms with Crippen molar-refractivity contribution in [3.8, 4) is 11.4 Å². The summed E-state index contributed by atoms with van der Waals surface area (Å²) in [5.74, 6) is -0.514. The summed E-state index contributed by atoms with van der Waals surface area (Å²) in [7, 11) is 1.55.